The van der Waals surface area contributed by atoms with Gasteiger partial charge in [0.25, 0.3) is 0 Å². The first-order chi connectivity index (χ1) is 9.75. The summed E-state index contributed by atoms with van der Waals surface area (Å²) in [5, 5.41) is 12.9. The van der Waals surface area contributed by atoms with Gasteiger partial charge >= 0.3 is 0 Å². The number of hydrogen-bond donors (Lipinski definition) is 3. The van der Waals surface area contributed by atoms with Crippen LogP contribution in [-0.2, 0) is 0 Å². The zero-order valence-electron chi connectivity index (χ0n) is 13.9. The van der Waals surface area contributed by atoms with E-state index in [-0.39, 0.29) is 17.6 Å². The molecule has 0 atom stereocenters. The van der Waals surface area contributed by atoms with Crippen LogP contribution in [0.2, 0.25) is 0 Å². The van der Waals surface area contributed by atoms with Gasteiger partial charge in [0, 0.05) is 12.0 Å². The molecule has 21 heavy (non-hydrogen) atoms. The van der Waals surface area contributed by atoms with E-state index in [0.29, 0.717) is 23.9 Å². The van der Waals surface area contributed by atoms with Crippen LogP contribution >= 0.6 is 0 Å². The molecule has 5 nitrogen and oxygen atoms in total. The van der Waals surface area contributed by atoms with Crippen molar-refractivity contribution in [1.82, 2.24) is 4.98 Å². The second kappa shape index (κ2) is 6.98. The van der Waals surface area contributed by atoms with Gasteiger partial charge in [-0.05, 0) is 45.7 Å². The van der Waals surface area contributed by atoms with Gasteiger partial charge in [0.15, 0.2) is 0 Å². The van der Waals surface area contributed by atoms with Gasteiger partial charge < -0.3 is 20.9 Å². The van der Waals surface area contributed by atoms with E-state index >= 15 is 0 Å². The lowest BCUT2D eigenvalue weighted by atomic mass is 9.83. The summed E-state index contributed by atoms with van der Waals surface area (Å²) in [6, 6.07) is 3.62. The van der Waals surface area contributed by atoms with Gasteiger partial charge in [-0.25, -0.2) is 0 Å². The second-order valence-electron chi connectivity index (χ2n) is 6.52. The molecule has 0 fully saturated rings. The van der Waals surface area contributed by atoms with Crippen LogP contribution in [-0.4, -0.2) is 28.8 Å². The van der Waals surface area contributed by atoms with E-state index in [4.69, 9.17) is 10.5 Å². The third-order valence-corrected chi connectivity index (χ3v) is 3.77. The van der Waals surface area contributed by atoms with Crippen molar-refractivity contribution in [3.63, 3.8) is 0 Å². The third kappa shape index (κ3) is 5.08. The standard InChI is InChI=1S/C16H29N3O2/c1-6-16(7-2,11-20)10-18-13-9-8-12(17)14(19-13)21-15(3,4)5/h8-9,20H,6-7,10-11,17H2,1-5H3,(H,18,19). The van der Waals surface area contributed by atoms with Crippen molar-refractivity contribution < 1.29 is 9.84 Å². The number of pyridine rings is 1. The van der Waals surface area contributed by atoms with Crippen molar-refractivity contribution in [2.75, 3.05) is 24.2 Å². The first kappa shape index (κ1) is 17.6. The Morgan fingerprint density at radius 2 is 1.86 bits per heavy atom. The number of nitrogens with two attached hydrogens (primary N) is 1. The van der Waals surface area contributed by atoms with Crippen LogP contribution in [0.3, 0.4) is 0 Å². The summed E-state index contributed by atoms with van der Waals surface area (Å²) >= 11 is 0. The van der Waals surface area contributed by atoms with E-state index in [2.05, 4.69) is 24.1 Å². The molecule has 0 saturated heterocycles. The SMILES string of the molecule is CCC(CC)(CO)CNc1ccc(N)c(OC(C)(C)C)n1. The third-order valence-electron chi connectivity index (χ3n) is 3.77. The monoisotopic (exact) mass is 295 g/mol. The molecule has 0 aliphatic rings. The van der Waals surface area contributed by atoms with Gasteiger partial charge in [-0.15, -0.1) is 0 Å². The van der Waals surface area contributed by atoms with Gasteiger partial charge in [0.2, 0.25) is 5.88 Å². The highest BCUT2D eigenvalue weighted by Gasteiger charge is 2.25. The topological polar surface area (TPSA) is 80.4 Å². The number of rotatable bonds is 7. The molecule has 5 heteroatoms. The first-order valence-corrected chi connectivity index (χ1v) is 7.55. The molecule has 1 aromatic heterocycles. The van der Waals surface area contributed by atoms with E-state index in [0.717, 1.165) is 12.8 Å². The maximum atomic E-state index is 9.60. The average molecular weight is 295 g/mol. The number of nitrogens with zero attached hydrogens (tertiary/aromatic N) is 1. The molecule has 0 amide bonds. The van der Waals surface area contributed by atoms with Gasteiger partial charge in [-0.2, -0.15) is 4.98 Å². The van der Waals surface area contributed by atoms with Crippen LogP contribution in [0, 0.1) is 5.41 Å². The van der Waals surface area contributed by atoms with E-state index in [9.17, 15) is 5.11 Å². The van der Waals surface area contributed by atoms with Crippen LogP contribution in [0.4, 0.5) is 11.5 Å². The smallest absolute Gasteiger partial charge is 0.239 e. The summed E-state index contributed by atoms with van der Waals surface area (Å²) in [5.41, 5.74) is 5.96. The minimum Gasteiger partial charge on any atom is -0.470 e. The fourth-order valence-corrected chi connectivity index (χ4v) is 1.98. The quantitative estimate of drug-likeness (QED) is 0.720. The highest BCUT2D eigenvalue weighted by molar-refractivity contribution is 5.53. The molecule has 1 aromatic rings. The number of hydrogen-bond acceptors (Lipinski definition) is 5. The molecule has 0 aliphatic heterocycles. The Bertz CT molecular complexity index is 443. The summed E-state index contributed by atoms with van der Waals surface area (Å²) in [7, 11) is 0. The number of nitrogens with one attached hydrogen (secondary N) is 1. The van der Waals surface area contributed by atoms with Crippen LogP contribution in [0.5, 0.6) is 5.88 Å². The summed E-state index contributed by atoms with van der Waals surface area (Å²) in [4.78, 5) is 4.42. The Morgan fingerprint density at radius 3 is 2.33 bits per heavy atom. The summed E-state index contributed by atoms with van der Waals surface area (Å²) in [6.07, 6.45) is 1.82. The van der Waals surface area contributed by atoms with Crippen molar-refractivity contribution in [1.29, 1.82) is 0 Å². The molecule has 120 valence electrons. The summed E-state index contributed by atoms with van der Waals surface area (Å²) < 4.78 is 5.76. The molecule has 1 heterocycles. The summed E-state index contributed by atoms with van der Waals surface area (Å²) in [5.74, 6) is 1.15. The molecule has 0 unspecified atom stereocenters. The minimum absolute atomic E-state index is 0.117. The van der Waals surface area contributed by atoms with Gasteiger partial charge in [0.1, 0.15) is 11.4 Å². The molecule has 0 radical (unpaired) electrons. The number of ether oxygens (including phenoxy) is 1. The zero-order valence-corrected chi connectivity index (χ0v) is 13.9. The largest absolute Gasteiger partial charge is 0.470 e. The highest BCUT2D eigenvalue weighted by atomic mass is 16.5. The normalized spacial score (nSPS) is 12.3. The molecule has 0 spiro atoms. The Hall–Kier alpha value is -1.49. The molecule has 0 saturated carbocycles. The van der Waals surface area contributed by atoms with E-state index < -0.39 is 0 Å². The first-order valence-electron chi connectivity index (χ1n) is 7.55. The molecule has 1 rings (SSSR count). The van der Waals surface area contributed by atoms with Crippen LogP contribution < -0.4 is 15.8 Å². The average Bonchev–Trinajstić information content (AvgIpc) is 2.43. The van der Waals surface area contributed by atoms with Gasteiger partial charge in [-0.1, -0.05) is 13.8 Å². The highest BCUT2D eigenvalue weighted by Crippen LogP contribution is 2.28. The Kier molecular flexibility index (Phi) is 5.84. The lowest BCUT2D eigenvalue weighted by Gasteiger charge is -2.30. The lowest BCUT2D eigenvalue weighted by Crippen LogP contribution is -2.32. The Labute approximate surface area is 127 Å². The molecule has 0 aliphatic carbocycles. The number of aliphatic hydroxyl groups is 1. The number of nitrogen functional groups attached to an aromatic ring is 1. The molecule has 4 N–H and O–H groups in total. The van der Waals surface area contributed by atoms with Crippen molar-refractivity contribution in [3.05, 3.63) is 12.1 Å². The lowest BCUT2D eigenvalue weighted by molar-refractivity contribution is 0.124. The molecule has 0 aromatic carbocycles. The molecular formula is C16H29N3O2. The van der Waals surface area contributed by atoms with Crippen LogP contribution in [0.25, 0.3) is 0 Å². The van der Waals surface area contributed by atoms with Crippen molar-refractivity contribution >= 4 is 11.5 Å². The van der Waals surface area contributed by atoms with E-state index in [1.807, 2.05) is 26.8 Å². The van der Waals surface area contributed by atoms with E-state index in [1.54, 1.807) is 6.07 Å². The predicted molar refractivity (Wildman–Crippen MR) is 87.6 cm³/mol. The van der Waals surface area contributed by atoms with Crippen molar-refractivity contribution in [3.8, 4) is 5.88 Å². The van der Waals surface area contributed by atoms with Crippen molar-refractivity contribution in [2.24, 2.45) is 5.41 Å². The molecule has 0 bridgehead atoms. The second-order valence-corrected chi connectivity index (χ2v) is 6.52. The Balaban J connectivity index is 2.83. The maximum Gasteiger partial charge on any atom is 0.239 e. The number of aliphatic hydroxyl groups excluding tert-OH is 1. The van der Waals surface area contributed by atoms with Gasteiger partial charge in [0.05, 0.1) is 12.3 Å². The van der Waals surface area contributed by atoms with Crippen LogP contribution in [0.15, 0.2) is 12.1 Å². The Morgan fingerprint density at radius 1 is 1.24 bits per heavy atom. The molecular weight excluding hydrogens is 266 g/mol. The fraction of sp³-hybridized carbons (Fsp3) is 0.688. The van der Waals surface area contributed by atoms with E-state index in [1.165, 1.54) is 0 Å². The van der Waals surface area contributed by atoms with Crippen LogP contribution in [0.1, 0.15) is 47.5 Å². The van der Waals surface area contributed by atoms with Crippen molar-refractivity contribution in [2.45, 2.75) is 53.1 Å². The number of anilines is 2. The zero-order chi connectivity index (χ0) is 16.1. The van der Waals surface area contributed by atoms with Gasteiger partial charge in [-0.3, -0.25) is 0 Å². The minimum atomic E-state index is -0.346. The summed E-state index contributed by atoms with van der Waals surface area (Å²) in [6.45, 7) is 10.9. The number of aromatic nitrogens is 1. The maximum absolute atomic E-state index is 9.60. The predicted octanol–water partition coefficient (Wildman–Crippen LogP) is 3.05. The fourth-order valence-electron chi connectivity index (χ4n) is 1.98.